The first-order valence-corrected chi connectivity index (χ1v) is 24.3. The van der Waals surface area contributed by atoms with Gasteiger partial charge in [-0.15, -0.1) is 20.4 Å². The molecular formula is C49H60Cl2N14O2. The monoisotopic (exact) mass is 946 g/mol. The SMILES string of the molecule is CC(=O)N(CC[C@@H]1C[C@@H]1C1CCN(c2ncc(Cl)cn2)CC1)c1ccc(-n2cnnc2)cc1.CC(=O)Nc1ccc(-n2cnnc2)cc1.CCC[C@@H]1C[C@@H]1C1CCN(c2ncc(Cl)cn2)CC1. The van der Waals surface area contributed by atoms with Crippen molar-refractivity contribution in [3.63, 3.8) is 0 Å². The van der Waals surface area contributed by atoms with Crippen molar-refractivity contribution >= 4 is 58.3 Å². The Morgan fingerprint density at radius 3 is 1.45 bits per heavy atom. The highest BCUT2D eigenvalue weighted by Gasteiger charge is 2.44. The number of aromatic nitrogens is 10. The van der Waals surface area contributed by atoms with Crippen LogP contribution in [0.4, 0.5) is 23.3 Å². The lowest BCUT2D eigenvalue weighted by Crippen LogP contribution is -2.35. The second-order valence-corrected chi connectivity index (χ2v) is 19.0. The summed E-state index contributed by atoms with van der Waals surface area (Å²) in [5.74, 6) is 6.87. The Balaban J connectivity index is 0.000000151. The molecule has 4 atom stereocenters. The number of nitrogens with one attached hydrogen (secondary N) is 1. The Labute approximate surface area is 402 Å². The number of carbonyl (C=O) groups excluding carboxylic acids is 2. The standard InChI is InChI=1S/C24H28ClN7O.C15H22ClN3.C10H10N4O/c1-17(33)32(22-4-2-21(3-5-22)31-15-28-29-16-31)11-8-19-12-23(19)18-6-9-30(10-7-18)24-26-13-20(25)14-27-24;1-2-3-12-8-14(12)11-4-6-19(7-5-11)15-17-9-13(16)10-18-15;1-8(15)13-9-2-4-10(5-3-9)14-6-11-12-7-14/h2-5,13-16,18-19,23H,6-12H2,1H3;9-12,14H,2-8H2,1H3;2-7H,1H3,(H,13,15)/t19-,23-;12-,14-;/m11./s1. The van der Waals surface area contributed by atoms with Gasteiger partial charge in [-0.2, -0.15) is 0 Å². The van der Waals surface area contributed by atoms with Crippen molar-refractivity contribution in [1.82, 2.24) is 49.5 Å². The maximum absolute atomic E-state index is 12.3. The van der Waals surface area contributed by atoms with Crippen LogP contribution in [0.5, 0.6) is 0 Å². The molecule has 2 aromatic carbocycles. The minimum atomic E-state index is -0.0768. The molecule has 16 nitrogen and oxygen atoms in total. The summed E-state index contributed by atoms with van der Waals surface area (Å²) in [6, 6.07) is 15.4. The predicted molar refractivity (Wildman–Crippen MR) is 262 cm³/mol. The molecule has 2 saturated carbocycles. The van der Waals surface area contributed by atoms with E-state index in [-0.39, 0.29) is 11.8 Å². The summed E-state index contributed by atoms with van der Waals surface area (Å²) in [5.41, 5.74) is 3.64. The number of hydrogen-bond donors (Lipinski definition) is 1. The molecule has 4 fully saturated rings. The second-order valence-electron chi connectivity index (χ2n) is 18.1. The molecule has 2 aliphatic heterocycles. The number of amides is 2. The summed E-state index contributed by atoms with van der Waals surface area (Å²) in [4.78, 5) is 46.9. The third-order valence-electron chi connectivity index (χ3n) is 13.6. The lowest BCUT2D eigenvalue weighted by atomic mass is 9.90. The van der Waals surface area contributed by atoms with Crippen LogP contribution < -0.4 is 20.0 Å². The van der Waals surface area contributed by atoms with E-state index in [1.807, 2.05) is 58.0 Å². The van der Waals surface area contributed by atoms with E-state index in [9.17, 15) is 9.59 Å². The van der Waals surface area contributed by atoms with Crippen LogP contribution in [0.2, 0.25) is 10.0 Å². The fourth-order valence-electron chi connectivity index (χ4n) is 9.88. The summed E-state index contributed by atoms with van der Waals surface area (Å²) in [5, 5.41) is 19.0. The van der Waals surface area contributed by atoms with Gasteiger partial charge in [0.2, 0.25) is 23.7 Å². The van der Waals surface area contributed by atoms with Crippen LogP contribution in [-0.4, -0.2) is 94.0 Å². The molecule has 4 aliphatic rings. The molecule has 0 radical (unpaired) electrons. The molecule has 352 valence electrons. The van der Waals surface area contributed by atoms with Gasteiger partial charge in [0.05, 0.1) is 34.8 Å². The number of piperidine rings is 2. The van der Waals surface area contributed by atoms with Crippen LogP contribution in [0.25, 0.3) is 11.4 Å². The fraction of sp³-hybridized carbons (Fsp3) is 0.469. The smallest absolute Gasteiger partial charge is 0.225 e. The number of rotatable bonds is 13. The average molecular weight is 948 g/mol. The largest absolute Gasteiger partial charge is 0.341 e. The number of benzene rings is 2. The lowest BCUT2D eigenvalue weighted by Gasteiger charge is -2.32. The first-order chi connectivity index (χ1) is 32.6. The highest BCUT2D eigenvalue weighted by atomic mass is 35.5. The van der Waals surface area contributed by atoms with E-state index < -0.39 is 0 Å². The van der Waals surface area contributed by atoms with E-state index in [2.05, 4.69) is 62.4 Å². The number of hydrogen-bond acceptors (Lipinski definition) is 12. The topological polar surface area (TPSA) is 169 Å². The molecule has 6 heterocycles. The van der Waals surface area contributed by atoms with Crippen molar-refractivity contribution in [3.05, 3.63) is 109 Å². The molecule has 4 aromatic heterocycles. The van der Waals surface area contributed by atoms with Crippen molar-refractivity contribution in [2.45, 2.75) is 78.6 Å². The molecule has 2 saturated heterocycles. The Kier molecular flexibility index (Phi) is 16.1. The maximum atomic E-state index is 12.3. The van der Waals surface area contributed by atoms with Gasteiger partial charge in [0.15, 0.2) is 0 Å². The van der Waals surface area contributed by atoms with Crippen LogP contribution in [0.3, 0.4) is 0 Å². The van der Waals surface area contributed by atoms with Crippen molar-refractivity contribution in [2.24, 2.45) is 35.5 Å². The maximum Gasteiger partial charge on any atom is 0.225 e. The Bertz CT molecular complexity index is 2440. The van der Waals surface area contributed by atoms with Gasteiger partial charge in [-0.25, -0.2) is 19.9 Å². The van der Waals surface area contributed by atoms with Crippen LogP contribution in [0.1, 0.15) is 78.6 Å². The third kappa shape index (κ3) is 13.1. The number of anilines is 4. The van der Waals surface area contributed by atoms with Crippen LogP contribution in [-0.2, 0) is 9.59 Å². The second kappa shape index (κ2) is 22.7. The minimum absolute atomic E-state index is 0.0768. The third-order valence-corrected chi connectivity index (χ3v) is 14.0. The molecule has 10 rings (SSSR count). The minimum Gasteiger partial charge on any atom is -0.341 e. The molecule has 2 aliphatic carbocycles. The van der Waals surface area contributed by atoms with Gasteiger partial charge in [-0.1, -0.05) is 43.0 Å². The van der Waals surface area contributed by atoms with E-state index in [1.54, 1.807) is 61.6 Å². The number of halogens is 2. The molecule has 0 spiro atoms. The van der Waals surface area contributed by atoms with E-state index in [0.717, 1.165) is 103 Å². The summed E-state index contributed by atoms with van der Waals surface area (Å²) in [7, 11) is 0. The van der Waals surface area contributed by atoms with Gasteiger partial charge in [0.25, 0.3) is 0 Å². The molecule has 0 unspecified atom stereocenters. The number of nitrogens with zero attached hydrogens (tertiary/aromatic N) is 13. The van der Waals surface area contributed by atoms with Gasteiger partial charge < -0.3 is 20.0 Å². The highest BCUT2D eigenvalue weighted by Crippen LogP contribution is 2.51. The van der Waals surface area contributed by atoms with Crippen molar-refractivity contribution in [1.29, 1.82) is 0 Å². The van der Waals surface area contributed by atoms with E-state index >= 15 is 0 Å². The van der Waals surface area contributed by atoms with Crippen LogP contribution in [0.15, 0.2) is 98.6 Å². The molecule has 0 bridgehead atoms. The first-order valence-electron chi connectivity index (χ1n) is 23.5. The van der Waals surface area contributed by atoms with Gasteiger partial charge in [-0.3, -0.25) is 18.7 Å². The summed E-state index contributed by atoms with van der Waals surface area (Å²) in [6.45, 7) is 10.4. The normalized spacial score (nSPS) is 20.2. The van der Waals surface area contributed by atoms with Crippen molar-refractivity contribution in [2.75, 3.05) is 52.7 Å². The quantitative estimate of drug-likeness (QED) is 0.117. The van der Waals surface area contributed by atoms with E-state index in [1.165, 1.54) is 58.3 Å². The van der Waals surface area contributed by atoms with Crippen molar-refractivity contribution < 1.29 is 9.59 Å². The molecular weight excluding hydrogens is 888 g/mol. The molecule has 1 N–H and O–H groups in total. The summed E-state index contributed by atoms with van der Waals surface area (Å²) in [6.07, 6.45) is 24.8. The zero-order valence-electron chi connectivity index (χ0n) is 38.5. The van der Waals surface area contributed by atoms with E-state index in [4.69, 9.17) is 23.2 Å². The Hall–Kier alpha value is -6.00. The van der Waals surface area contributed by atoms with Gasteiger partial charge in [0, 0.05) is 69.3 Å². The predicted octanol–water partition coefficient (Wildman–Crippen LogP) is 9.01. The lowest BCUT2D eigenvalue weighted by molar-refractivity contribution is -0.116. The molecule has 6 aromatic rings. The Morgan fingerprint density at radius 2 is 1.04 bits per heavy atom. The first kappa shape index (κ1) is 47.5. The zero-order chi connectivity index (χ0) is 46.7. The Morgan fingerprint density at radius 1 is 0.627 bits per heavy atom. The van der Waals surface area contributed by atoms with Crippen molar-refractivity contribution in [3.8, 4) is 11.4 Å². The van der Waals surface area contributed by atoms with E-state index in [0.29, 0.717) is 16.0 Å². The molecule has 67 heavy (non-hydrogen) atoms. The average Bonchev–Trinajstić information content (AvgIpc) is 4.12. The van der Waals surface area contributed by atoms with Crippen LogP contribution >= 0.6 is 23.2 Å². The summed E-state index contributed by atoms with van der Waals surface area (Å²) < 4.78 is 3.64. The molecule has 2 amide bonds. The van der Waals surface area contributed by atoms with Gasteiger partial charge >= 0.3 is 0 Å². The molecule has 18 heteroatoms. The van der Waals surface area contributed by atoms with Gasteiger partial charge in [0.1, 0.15) is 25.3 Å². The number of carbonyl (C=O) groups is 2. The highest BCUT2D eigenvalue weighted by molar-refractivity contribution is 6.30. The zero-order valence-corrected chi connectivity index (χ0v) is 40.0. The fourth-order valence-corrected chi connectivity index (χ4v) is 10.1. The summed E-state index contributed by atoms with van der Waals surface area (Å²) >= 11 is 11.7. The van der Waals surface area contributed by atoms with Crippen LogP contribution in [0, 0.1) is 35.5 Å². The van der Waals surface area contributed by atoms with Gasteiger partial charge in [-0.05, 0) is 129 Å².